The minimum absolute atomic E-state index is 0.0344. The predicted molar refractivity (Wildman–Crippen MR) is 121 cm³/mol. The number of fused-ring (bicyclic) bond motifs is 1. The molecule has 5 rings (SSSR count). The molecule has 4 aromatic rings. The third-order valence-corrected chi connectivity index (χ3v) is 5.54. The van der Waals surface area contributed by atoms with Gasteiger partial charge in [-0.3, -0.25) is 4.79 Å². The van der Waals surface area contributed by atoms with Crippen molar-refractivity contribution in [1.29, 1.82) is 0 Å². The Morgan fingerprint density at radius 1 is 1.15 bits per heavy atom. The summed E-state index contributed by atoms with van der Waals surface area (Å²) in [6.07, 6.45) is 3.97. The molecule has 8 heteroatoms. The molecule has 1 saturated carbocycles. The average Bonchev–Trinajstić information content (AvgIpc) is 3.28. The number of rotatable bonds is 7. The Bertz CT molecular complexity index is 1290. The minimum atomic E-state index is -1.06. The summed E-state index contributed by atoms with van der Waals surface area (Å²) >= 11 is 0. The number of hydrogen-bond acceptors (Lipinski definition) is 6. The number of furan rings is 1. The lowest BCUT2D eigenvalue weighted by Gasteiger charge is -2.18. The number of carbonyl (C=O) groups excluding carboxylic acids is 2. The molecule has 1 aliphatic rings. The standard InChI is InChI=1S/C25H24N4O4/c1-15(2)29-23-19(14-26-29)18(13-20(28-23)21-9-6-12-32-21)25(31)33-22(16-7-4-3-5-8-16)24(30)27-17-10-11-17/h3-9,12-15,17,22H,10-11H2,1-2H3,(H,27,30). The molecule has 33 heavy (non-hydrogen) atoms. The van der Waals surface area contributed by atoms with Crippen molar-refractivity contribution in [2.75, 3.05) is 0 Å². The summed E-state index contributed by atoms with van der Waals surface area (Å²) in [4.78, 5) is 31.1. The Hall–Kier alpha value is -3.94. The third kappa shape index (κ3) is 4.24. The molecular weight excluding hydrogens is 420 g/mol. The molecule has 1 amide bonds. The highest BCUT2D eigenvalue weighted by molar-refractivity contribution is 6.04. The highest BCUT2D eigenvalue weighted by atomic mass is 16.5. The van der Waals surface area contributed by atoms with Crippen molar-refractivity contribution >= 4 is 22.9 Å². The van der Waals surface area contributed by atoms with Crippen molar-refractivity contribution in [2.45, 2.75) is 44.9 Å². The van der Waals surface area contributed by atoms with Gasteiger partial charge in [0.2, 0.25) is 6.10 Å². The SMILES string of the molecule is CC(C)n1ncc2c(C(=O)OC(C(=O)NC3CC3)c3ccccc3)cc(-c3ccco3)nc21. The van der Waals surface area contributed by atoms with E-state index in [2.05, 4.69) is 15.4 Å². The van der Waals surface area contributed by atoms with Crippen molar-refractivity contribution in [1.82, 2.24) is 20.1 Å². The minimum Gasteiger partial charge on any atom is -0.463 e. The summed E-state index contributed by atoms with van der Waals surface area (Å²) in [6, 6.07) is 14.4. The number of aromatic nitrogens is 3. The zero-order valence-electron chi connectivity index (χ0n) is 18.4. The average molecular weight is 444 g/mol. The van der Waals surface area contributed by atoms with Crippen LogP contribution in [0.5, 0.6) is 0 Å². The molecular formula is C25H24N4O4. The smallest absolute Gasteiger partial charge is 0.340 e. The first-order valence-electron chi connectivity index (χ1n) is 11.0. The first-order chi connectivity index (χ1) is 16.0. The van der Waals surface area contributed by atoms with Gasteiger partial charge in [0.1, 0.15) is 5.69 Å². The highest BCUT2D eigenvalue weighted by Gasteiger charge is 2.32. The Morgan fingerprint density at radius 2 is 1.94 bits per heavy atom. The van der Waals surface area contributed by atoms with Gasteiger partial charge in [0, 0.05) is 17.6 Å². The summed E-state index contributed by atoms with van der Waals surface area (Å²) < 4.78 is 13.1. The third-order valence-electron chi connectivity index (χ3n) is 5.54. The Morgan fingerprint density at radius 3 is 2.61 bits per heavy atom. The number of nitrogens with one attached hydrogen (secondary N) is 1. The van der Waals surface area contributed by atoms with E-state index in [4.69, 9.17) is 9.15 Å². The maximum Gasteiger partial charge on any atom is 0.340 e. The van der Waals surface area contributed by atoms with Crippen LogP contribution in [0.25, 0.3) is 22.5 Å². The lowest BCUT2D eigenvalue weighted by Crippen LogP contribution is -2.33. The highest BCUT2D eigenvalue weighted by Crippen LogP contribution is 2.29. The Kier molecular flexibility index (Phi) is 5.42. The van der Waals surface area contributed by atoms with E-state index >= 15 is 0 Å². The van der Waals surface area contributed by atoms with Gasteiger partial charge in [-0.05, 0) is 44.9 Å². The van der Waals surface area contributed by atoms with Crippen LogP contribution in [-0.2, 0) is 9.53 Å². The fourth-order valence-corrected chi connectivity index (χ4v) is 3.69. The molecule has 168 valence electrons. The normalized spacial score (nSPS) is 14.4. The van der Waals surface area contributed by atoms with Crippen LogP contribution < -0.4 is 5.32 Å². The Labute approximate surface area is 190 Å². The topological polar surface area (TPSA) is 99.2 Å². The lowest BCUT2D eigenvalue weighted by atomic mass is 10.1. The second-order valence-corrected chi connectivity index (χ2v) is 8.43. The van der Waals surface area contributed by atoms with Crippen molar-refractivity contribution in [3.05, 3.63) is 72.1 Å². The molecule has 3 aromatic heterocycles. The van der Waals surface area contributed by atoms with Gasteiger partial charge >= 0.3 is 5.97 Å². The van der Waals surface area contributed by atoms with E-state index in [1.54, 1.807) is 47.5 Å². The molecule has 0 aliphatic heterocycles. The fraction of sp³-hybridized carbons (Fsp3) is 0.280. The van der Waals surface area contributed by atoms with Gasteiger partial charge in [-0.25, -0.2) is 14.5 Å². The van der Waals surface area contributed by atoms with Crippen LogP contribution >= 0.6 is 0 Å². The first kappa shape index (κ1) is 20.9. The largest absolute Gasteiger partial charge is 0.463 e. The summed E-state index contributed by atoms with van der Waals surface area (Å²) in [5, 5.41) is 7.91. The van der Waals surface area contributed by atoms with E-state index in [1.165, 1.54) is 0 Å². The van der Waals surface area contributed by atoms with E-state index in [-0.39, 0.29) is 23.6 Å². The van der Waals surface area contributed by atoms with E-state index in [0.29, 0.717) is 28.1 Å². The number of carbonyl (C=O) groups is 2. The molecule has 1 N–H and O–H groups in total. The number of ether oxygens (including phenoxy) is 1. The molecule has 1 unspecified atom stereocenters. The molecule has 0 saturated heterocycles. The zero-order valence-corrected chi connectivity index (χ0v) is 18.4. The maximum absolute atomic E-state index is 13.5. The van der Waals surface area contributed by atoms with Crippen molar-refractivity contribution in [2.24, 2.45) is 0 Å². The molecule has 1 fully saturated rings. The quantitative estimate of drug-likeness (QED) is 0.423. The van der Waals surface area contributed by atoms with Crippen LogP contribution in [0.3, 0.4) is 0 Å². The first-order valence-corrected chi connectivity index (χ1v) is 11.0. The molecule has 1 atom stereocenters. The van der Waals surface area contributed by atoms with Gasteiger partial charge in [0.25, 0.3) is 5.91 Å². The number of esters is 1. The van der Waals surface area contributed by atoms with Crippen LogP contribution in [0.2, 0.25) is 0 Å². The van der Waals surface area contributed by atoms with Gasteiger partial charge < -0.3 is 14.5 Å². The van der Waals surface area contributed by atoms with Gasteiger partial charge in [-0.2, -0.15) is 5.10 Å². The number of hydrogen-bond donors (Lipinski definition) is 1. The molecule has 3 heterocycles. The van der Waals surface area contributed by atoms with Crippen molar-refractivity contribution < 1.29 is 18.7 Å². The maximum atomic E-state index is 13.5. The van der Waals surface area contributed by atoms with Gasteiger partial charge in [0.15, 0.2) is 11.4 Å². The fourth-order valence-electron chi connectivity index (χ4n) is 3.69. The van der Waals surface area contributed by atoms with Crippen LogP contribution in [-0.4, -0.2) is 32.7 Å². The van der Waals surface area contributed by atoms with E-state index in [9.17, 15) is 9.59 Å². The van der Waals surface area contributed by atoms with Gasteiger partial charge in [-0.15, -0.1) is 0 Å². The number of nitrogens with zero attached hydrogens (tertiary/aromatic N) is 3. The van der Waals surface area contributed by atoms with Crippen molar-refractivity contribution in [3.63, 3.8) is 0 Å². The second-order valence-electron chi connectivity index (χ2n) is 8.43. The molecule has 0 bridgehead atoms. The van der Waals surface area contributed by atoms with Gasteiger partial charge in [-0.1, -0.05) is 30.3 Å². The monoisotopic (exact) mass is 444 g/mol. The molecule has 0 radical (unpaired) electrons. The van der Waals surface area contributed by atoms with Crippen LogP contribution in [0, 0.1) is 0 Å². The molecule has 8 nitrogen and oxygen atoms in total. The summed E-state index contributed by atoms with van der Waals surface area (Å²) in [5.41, 5.74) is 1.92. The van der Waals surface area contributed by atoms with Crippen molar-refractivity contribution in [3.8, 4) is 11.5 Å². The Balaban J connectivity index is 1.55. The van der Waals surface area contributed by atoms with Crippen LogP contribution in [0.1, 0.15) is 54.8 Å². The van der Waals surface area contributed by atoms with Gasteiger partial charge in [0.05, 0.1) is 23.4 Å². The second kappa shape index (κ2) is 8.54. The number of pyridine rings is 1. The predicted octanol–water partition coefficient (Wildman–Crippen LogP) is 4.45. The van der Waals surface area contributed by atoms with E-state index < -0.39 is 12.1 Å². The van der Waals surface area contributed by atoms with Crippen LogP contribution in [0.15, 0.2) is 65.4 Å². The van der Waals surface area contributed by atoms with E-state index in [1.807, 2.05) is 32.0 Å². The molecule has 1 aliphatic carbocycles. The number of benzene rings is 1. The summed E-state index contributed by atoms with van der Waals surface area (Å²) in [7, 11) is 0. The summed E-state index contributed by atoms with van der Waals surface area (Å²) in [6.45, 7) is 3.97. The summed E-state index contributed by atoms with van der Waals surface area (Å²) in [5.74, 6) is -0.432. The van der Waals surface area contributed by atoms with Crippen LogP contribution in [0.4, 0.5) is 0 Å². The van der Waals surface area contributed by atoms with E-state index in [0.717, 1.165) is 12.8 Å². The molecule has 1 aromatic carbocycles. The molecule has 0 spiro atoms. The zero-order chi connectivity index (χ0) is 22.9. The number of amides is 1. The lowest BCUT2D eigenvalue weighted by molar-refractivity contribution is -0.130.